The molecule has 8 nitrogen and oxygen atoms in total. The van der Waals surface area contributed by atoms with Crippen LogP contribution in [-0.2, 0) is 29.2 Å². The molecule has 0 atom stereocenters. The van der Waals surface area contributed by atoms with Gasteiger partial charge in [-0.3, -0.25) is 23.5 Å². The fraction of sp³-hybridized carbons (Fsp3) is 0.529. The lowest BCUT2D eigenvalue weighted by atomic mass is 10.2. The van der Waals surface area contributed by atoms with E-state index < -0.39 is 42.2 Å². The number of amides is 2. The van der Waals surface area contributed by atoms with Crippen LogP contribution >= 0.6 is 22.9 Å². The predicted molar refractivity (Wildman–Crippen MR) is 107 cm³/mol. The maximum absolute atomic E-state index is 12.7. The van der Waals surface area contributed by atoms with Gasteiger partial charge in [-0.2, -0.15) is 13.2 Å². The van der Waals surface area contributed by atoms with E-state index in [0.717, 1.165) is 20.5 Å². The summed E-state index contributed by atoms with van der Waals surface area (Å²) in [5, 5.41) is 5.01. The second kappa shape index (κ2) is 9.65. The van der Waals surface area contributed by atoms with E-state index in [0.29, 0.717) is 10.4 Å². The SMILES string of the molecule is CCn1c(=O)c2c(C)c(CNC(=O)CNC(=O)CCl)sc2n(CCC(F)(F)F)c1=O. The summed E-state index contributed by atoms with van der Waals surface area (Å²) in [6.45, 7) is 2.25. The number of aromatic nitrogens is 2. The molecule has 166 valence electrons. The molecule has 0 saturated heterocycles. The van der Waals surface area contributed by atoms with Gasteiger partial charge in [0.15, 0.2) is 0 Å². The van der Waals surface area contributed by atoms with Gasteiger partial charge in [0.25, 0.3) is 5.56 Å². The molecule has 2 amide bonds. The molecule has 0 spiro atoms. The molecular weight excluding hydrogens is 449 g/mol. The third kappa shape index (κ3) is 5.42. The molecule has 0 aliphatic carbocycles. The van der Waals surface area contributed by atoms with Crippen molar-refractivity contribution in [1.29, 1.82) is 0 Å². The lowest BCUT2D eigenvalue weighted by Crippen LogP contribution is -2.39. The highest BCUT2D eigenvalue weighted by Gasteiger charge is 2.28. The summed E-state index contributed by atoms with van der Waals surface area (Å²) in [5.74, 6) is -1.31. The van der Waals surface area contributed by atoms with Crippen molar-refractivity contribution in [2.24, 2.45) is 0 Å². The fourth-order valence-corrected chi connectivity index (χ4v) is 4.14. The molecule has 2 aromatic heterocycles. The summed E-state index contributed by atoms with van der Waals surface area (Å²) < 4.78 is 40.0. The number of thiophene rings is 1. The van der Waals surface area contributed by atoms with E-state index in [1.807, 2.05) is 0 Å². The summed E-state index contributed by atoms with van der Waals surface area (Å²) in [5.41, 5.74) is -0.908. The van der Waals surface area contributed by atoms with Gasteiger partial charge in [-0.1, -0.05) is 0 Å². The number of aryl methyl sites for hydroxylation is 2. The Hall–Kier alpha value is -2.34. The number of nitrogens with zero attached hydrogens (tertiary/aromatic N) is 2. The normalized spacial score (nSPS) is 11.7. The van der Waals surface area contributed by atoms with Gasteiger partial charge in [-0.15, -0.1) is 22.9 Å². The van der Waals surface area contributed by atoms with Gasteiger partial charge in [0, 0.05) is 18.0 Å². The van der Waals surface area contributed by atoms with Crippen LogP contribution in [0.25, 0.3) is 10.2 Å². The number of hydrogen-bond donors (Lipinski definition) is 2. The van der Waals surface area contributed by atoms with Crippen LogP contribution in [0, 0.1) is 6.92 Å². The Morgan fingerprint density at radius 1 is 1.13 bits per heavy atom. The van der Waals surface area contributed by atoms with E-state index in [4.69, 9.17) is 11.6 Å². The molecule has 13 heteroatoms. The smallest absolute Gasteiger partial charge is 0.350 e. The first-order valence-corrected chi connectivity index (χ1v) is 10.3. The van der Waals surface area contributed by atoms with E-state index in [-0.39, 0.29) is 35.7 Å². The second-order valence-corrected chi connectivity index (χ2v) is 7.72. The van der Waals surface area contributed by atoms with Crippen molar-refractivity contribution in [2.45, 2.75) is 46.1 Å². The molecule has 0 radical (unpaired) electrons. The Morgan fingerprint density at radius 3 is 2.37 bits per heavy atom. The lowest BCUT2D eigenvalue weighted by molar-refractivity contribution is -0.136. The quantitative estimate of drug-likeness (QED) is 0.573. The third-order valence-corrected chi connectivity index (χ3v) is 5.90. The van der Waals surface area contributed by atoms with Crippen molar-refractivity contribution in [2.75, 3.05) is 12.4 Å². The predicted octanol–water partition coefficient (Wildman–Crippen LogP) is 1.48. The Balaban J connectivity index is 2.39. The van der Waals surface area contributed by atoms with E-state index in [9.17, 15) is 32.3 Å². The molecule has 0 aromatic carbocycles. The molecular formula is C17H20ClF3N4O4S. The van der Waals surface area contributed by atoms with Gasteiger partial charge in [0.2, 0.25) is 11.8 Å². The van der Waals surface area contributed by atoms with Crippen LogP contribution in [0.3, 0.4) is 0 Å². The maximum atomic E-state index is 12.7. The minimum absolute atomic E-state index is 0.0141. The van der Waals surface area contributed by atoms with Crippen molar-refractivity contribution in [3.05, 3.63) is 31.3 Å². The lowest BCUT2D eigenvalue weighted by Gasteiger charge is -2.12. The van der Waals surface area contributed by atoms with Crippen LogP contribution in [-0.4, -0.2) is 39.5 Å². The molecule has 2 aromatic rings. The molecule has 0 bridgehead atoms. The molecule has 30 heavy (non-hydrogen) atoms. The van der Waals surface area contributed by atoms with Crippen LogP contribution in [0.5, 0.6) is 0 Å². The van der Waals surface area contributed by atoms with Crippen LogP contribution in [0.2, 0.25) is 0 Å². The fourth-order valence-electron chi connectivity index (χ4n) is 2.79. The van der Waals surface area contributed by atoms with Crippen molar-refractivity contribution in [3.63, 3.8) is 0 Å². The highest BCUT2D eigenvalue weighted by atomic mass is 35.5. The standard InChI is InChI=1S/C17H20ClF3N4O4S/c1-3-24-14(28)13-9(2)10(7-22-12(27)8-23-11(26)6-18)30-15(13)25(16(24)29)5-4-17(19,20)21/h3-8H2,1-2H3,(H,22,27)(H,23,26). The van der Waals surface area contributed by atoms with Gasteiger partial charge < -0.3 is 10.6 Å². The Morgan fingerprint density at radius 2 is 1.80 bits per heavy atom. The first-order chi connectivity index (χ1) is 14.0. The zero-order valence-electron chi connectivity index (χ0n) is 16.2. The summed E-state index contributed by atoms with van der Waals surface area (Å²) in [4.78, 5) is 48.9. The Kier molecular flexibility index (Phi) is 7.70. The molecule has 0 aliphatic rings. The van der Waals surface area contributed by atoms with E-state index in [1.54, 1.807) is 13.8 Å². The van der Waals surface area contributed by atoms with Crippen LogP contribution in [0.4, 0.5) is 13.2 Å². The monoisotopic (exact) mass is 468 g/mol. The summed E-state index contributed by atoms with van der Waals surface area (Å²) in [6.07, 6.45) is -5.68. The van der Waals surface area contributed by atoms with Gasteiger partial charge in [-0.25, -0.2) is 4.79 Å². The molecule has 2 rings (SSSR count). The highest BCUT2D eigenvalue weighted by Crippen LogP contribution is 2.29. The number of nitrogens with one attached hydrogen (secondary N) is 2. The minimum Gasteiger partial charge on any atom is -0.350 e. The minimum atomic E-state index is -4.46. The van der Waals surface area contributed by atoms with Crippen LogP contribution < -0.4 is 21.9 Å². The number of rotatable bonds is 8. The summed E-state index contributed by atoms with van der Waals surface area (Å²) >= 11 is 6.30. The first kappa shape index (κ1) is 23.9. The second-order valence-electron chi connectivity index (χ2n) is 6.37. The average Bonchev–Trinajstić information content (AvgIpc) is 3.00. The zero-order chi connectivity index (χ0) is 22.6. The molecule has 0 fully saturated rings. The van der Waals surface area contributed by atoms with E-state index >= 15 is 0 Å². The zero-order valence-corrected chi connectivity index (χ0v) is 17.8. The van der Waals surface area contributed by atoms with Gasteiger partial charge >= 0.3 is 11.9 Å². The number of halogens is 4. The van der Waals surface area contributed by atoms with Crippen LogP contribution in [0.1, 0.15) is 23.8 Å². The van der Waals surface area contributed by atoms with Crippen molar-refractivity contribution in [3.8, 4) is 0 Å². The molecule has 0 unspecified atom stereocenters. The van der Waals surface area contributed by atoms with E-state index in [1.165, 1.54) is 0 Å². The molecule has 2 N–H and O–H groups in total. The van der Waals surface area contributed by atoms with Gasteiger partial charge in [0.05, 0.1) is 24.9 Å². The first-order valence-electron chi connectivity index (χ1n) is 8.91. The number of alkyl halides is 4. The van der Waals surface area contributed by atoms with Crippen molar-refractivity contribution >= 4 is 45.0 Å². The Bertz CT molecular complexity index is 1070. The molecule has 0 saturated carbocycles. The molecule has 2 heterocycles. The number of hydrogen-bond acceptors (Lipinski definition) is 5. The number of carbonyl (C=O) groups excluding carboxylic acids is 2. The number of fused-ring (bicyclic) bond motifs is 1. The summed E-state index contributed by atoms with van der Waals surface area (Å²) in [7, 11) is 0. The third-order valence-electron chi connectivity index (χ3n) is 4.34. The van der Waals surface area contributed by atoms with Crippen LogP contribution in [0.15, 0.2) is 9.59 Å². The maximum Gasteiger partial charge on any atom is 0.390 e. The van der Waals surface area contributed by atoms with E-state index in [2.05, 4.69) is 10.6 Å². The van der Waals surface area contributed by atoms with Gasteiger partial charge in [-0.05, 0) is 19.4 Å². The highest BCUT2D eigenvalue weighted by molar-refractivity contribution is 7.18. The average molecular weight is 469 g/mol. The number of carbonyl (C=O) groups is 2. The van der Waals surface area contributed by atoms with Crippen molar-refractivity contribution < 1.29 is 22.8 Å². The Labute approximate surface area is 177 Å². The molecule has 0 aliphatic heterocycles. The largest absolute Gasteiger partial charge is 0.390 e. The topological polar surface area (TPSA) is 102 Å². The summed E-state index contributed by atoms with van der Waals surface area (Å²) in [6, 6.07) is 0. The van der Waals surface area contributed by atoms with Gasteiger partial charge in [0.1, 0.15) is 10.7 Å². The van der Waals surface area contributed by atoms with Crippen molar-refractivity contribution in [1.82, 2.24) is 19.8 Å².